The monoisotopic (exact) mass is 596 g/mol. The third kappa shape index (κ3) is 3.82. The van der Waals surface area contributed by atoms with Crippen molar-refractivity contribution in [3.63, 3.8) is 0 Å². The van der Waals surface area contributed by atoms with Crippen LogP contribution in [0.2, 0.25) is 0 Å². The molecule has 0 aliphatic heterocycles. The summed E-state index contributed by atoms with van der Waals surface area (Å²) in [5.74, 6) is -4.75. The molecule has 5 atom stereocenters. The fourth-order valence-electron chi connectivity index (χ4n) is 10.1. The van der Waals surface area contributed by atoms with Gasteiger partial charge in [0.1, 0.15) is 5.75 Å². The second-order valence-corrected chi connectivity index (χ2v) is 15.2. The molecule has 0 spiro atoms. The second kappa shape index (κ2) is 9.81. The summed E-state index contributed by atoms with van der Waals surface area (Å²) in [6.07, 6.45) is 3.68. The summed E-state index contributed by atoms with van der Waals surface area (Å²) in [6.45, 7) is 14.8. The quantitative estimate of drug-likeness (QED) is 0.308. The molecule has 0 bridgehead atoms. The number of hydrogen-bond donors (Lipinski definition) is 2. The molecule has 0 saturated heterocycles. The lowest BCUT2D eigenvalue weighted by molar-refractivity contribution is -0.192. The van der Waals surface area contributed by atoms with E-state index in [0.717, 1.165) is 36.0 Å². The molecule has 2 N–H and O–H groups in total. The lowest BCUT2D eigenvalue weighted by atomic mass is 9.40. The fraction of sp³-hybridized carbons (Fsp3) is 0.526. The highest BCUT2D eigenvalue weighted by atomic mass is 16.3. The van der Waals surface area contributed by atoms with Gasteiger partial charge in [0, 0.05) is 11.0 Å². The van der Waals surface area contributed by atoms with Crippen LogP contribution in [0.5, 0.6) is 5.75 Å². The molecule has 0 heterocycles. The highest BCUT2D eigenvalue weighted by molar-refractivity contribution is 6.33. The standard InChI is InChI=1S/C38H44O6/c1-18(2)25-15-26(24-13-12-22-10-9-11-23(22)14-24)32(40)29-27(25)16-36(7)17-37(8)30(19(3)4)20(5)28(21(6)39)34(42)38(37,44)35(43)31(36)33(29)41/h12-15,18-19,30-31,40,44H,9-11,16-17H2,1-8H3/t30-,31?,36+,37+,38-/m1/s1. The Morgan fingerprint density at radius 1 is 1.00 bits per heavy atom. The largest absolute Gasteiger partial charge is 0.507 e. The molecule has 2 aromatic carbocycles. The van der Waals surface area contributed by atoms with Crippen LogP contribution in [-0.2, 0) is 33.6 Å². The minimum atomic E-state index is -2.53. The van der Waals surface area contributed by atoms with Gasteiger partial charge in [0.15, 0.2) is 23.0 Å². The first-order valence-corrected chi connectivity index (χ1v) is 16.1. The molecular weight excluding hydrogens is 552 g/mol. The molecular formula is C38H44O6. The van der Waals surface area contributed by atoms with Gasteiger partial charge in [-0.05, 0) is 103 Å². The number of carbonyl (C=O) groups excluding carboxylic acids is 4. The van der Waals surface area contributed by atoms with Gasteiger partial charge in [-0.1, -0.05) is 65.3 Å². The molecule has 4 aliphatic rings. The molecule has 44 heavy (non-hydrogen) atoms. The van der Waals surface area contributed by atoms with E-state index >= 15 is 0 Å². The van der Waals surface area contributed by atoms with Crippen molar-refractivity contribution in [3.05, 3.63) is 63.2 Å². The Morgan fingerprint density at radius 3 is 2.27 bits per heavy atom. The van der Waals surface area contributed by atoms with E-state index in [9.17, 15) is 29.4 Å². The average molecular weight is 597 g/mol. The van der Waals surface area contributed by atoms with Crippen molar-refractivity contribution in [2.45, 2.75) is 99.0 Å². The van der Waals surface area contributed by atoms with Crippen molar-refractivity contribution in [2.75, 3.05) is 0 Å². The molecule has 6 rings (SSSR count). The molecule has 2 aromatic rings. The molecule has 0 amide bonds. The number of aryl methyl sites for hydroxylation is 2. The Kier molecular flexibility index (Phi) is 6.83. The molecule has 6 nitrogen and oxygen atoms in total. The van der Waals surface area contributed by atoms with E-state index < -0.39 is 51.4 Å². The van der Waals surface area contributed by atoms with E-state index in [-0.39, 0.29) is 35.1 Å². The van der Waals surface area contributed by atoms with Crippen LogP contribution in [0.1, 0.15) is 107 Å². The van der Waals surface area contributed by atoms with Crippen LogP contribution in [-0.4, -0.2) is 38.9 Å². The Balaban J connectivity index is 1.57. The van der Waals surface area contributed by atoms with Gasteiger partial charge in [-0.25, -0.2) is 0 Å². The molecule has 0 aromatic heterocycles. The van der Waals surface area contributed by atoms with E-state index in [1.54, 1.807) is 13.8 Å². The van der Waals surface area contributed by atoms with Gasteiger partial charge >= 0.3 is 0 Å². The van der Waals surface area contributed by atoms with Crippen LogP contribution in [0, 0.1) is 28.6 Å². The van der Waals surface area contributed by atoms with Crippen molar-refractivity contribution in [3.8, 4) is 16.9 Å². The van der Waals surface area contributed by atoms with Crippen LogP contribution in [0.3, 0.4) is 0 Å². The number of benzene rings is 2. The zero-order valence-corrected chi connectivity index (χ0v) is 27.2. The summed E-state index contributed by atoms with van der Waals surface area (Å²) in [5, 5.41) is 24.2. The number of fused-ring (bicyclic) bond motifs is 4. The first-order valence-electron chi connectivity index (χ1n) is 16.1. The predicted octanol–water partition coefficient (Wildman–Crippen LogP) is 6.50. The van der Waals surface area contributed by atoms with E-state index in [1.165, 1.54) is 18.1 Å². The Bertz CT molecular complexity index is 1710. The predicted molar refractivity (Wildman–Crippen MR) is 169 cm³/mol. The van der Waals surface area contributed by atoms with E-state index in [1.807, 2.05) is 32.9 Å². The van der Waals surface area contributed by atoms with Gasteiger partial charge < -0.3 is 10.2 Å². The van der Waals surface area contributed by atoms with Crippen molar-refractivity contribution >= 4 is 23.1 Å². The molecule has 1 unspecified atom stereocenters. The van der Waals surface area contributed by atoms with Gasteiger partial charge in [0.2, 0.25) is 5.78 Å². The first-order chi connectivity index (χ1) is 20.5. The summed E-state index contributed by atoms with van der Waals surface area (Å²) >= 11 is 0. The number of phenols is 1. The number of allylic oxidation sites excluding steroid dienone is 1. The van der Waals surface area contributed by atoms with Gasteiger partial charge in [-0.15, -0.1) is 0 Å². The summed E-state index contributed by atoms with van der Waals surface area (Å²) in [5.41, 5.74) is 1.54. The van der Waals surface area contributed by atoms with Crippen LogP contribution in [0.4, 0.5) is 0 Å². The van der Waals surface area contributed by atoms with Gasteiger partial charge in [-0.3, -0.25) is 19.2 Å². The summed E-state index contributed by atoms with van der Waals surface area (Å²) in [4.78, 5) is 56.2. The maximum atomic E-state index is 14.7. The molecule has 232 valence electrons. The Hall–Kier alpha value is -3.38. The van der Waals surface area contributed by atoms with Gasteiger partial charge in [0.05, 0.1) is 17.1 Å². The third-order valence-corrected chi connectivity index (χ3v) is 11.6. The van der Waals surface area contributed by atoms with Crippen LogP contribution < -0.4 is 0 Å². The number of ketones is 4. The number of phenolic OH excluding ortho intramolecular Hbond substituents is 1. The number of rotatable bonds is 4. The lowest BCUT2D eigenvalue weighted by Gasteiger charge is -2.62. The van der Waals surface area contributed by atoms with Gasteiger partial charge in [0.25, 0.3) is 0 Å². The number of aliphatic hydroxyl groups is 1. The zero-order chi connectivity index (χ0) is 32.3. The Labute approximate surface area is 259 Å². The van der Waals surface area contributed by atoms with Crippen LogP contribution in [0.15, 0.2) is 35.4 Å². The smallest absolute Gasteiger partial charge is 0.206 e. The number of aromatic hydroxyl groups is 1. The van der Waals surface area contributed by atoms with Crippen molar-refractivity contribution in [2.24, 2.45) is 28.6 Å². The topological polar surface area (TPSA) is 109 Å². The normalized spacial score (nSPS) is 31.3. The highest BCUT2D eigenvalue weighted by Crippen LogP contribution is 2.65. The second-order valence-electron chi connectivity index (χ2n) is 15.2. The lowest BCUT2D eigenvalue weighted by Crippen LogP contribution is -2.73. The molecule has 4 aliphatic carbocycles. The van der Waals surface area contributed by atoms with Crippen molar-refractivity contribution < 1.29 is 29.4 Å². The van der Waals surface area contributed by atoms with Gasteiger partial charge in [-0.2, -0.15) is 0 Å². The number of hydrogen-bond acceptors (Lipinski definition) is 6. The minimum absolute atomic E-state index is 0.0419. The minimum Gasteiger partial charge on any atom is -0.507 e. The first kappa shape index (κ1) is 30.6. The molecule has 1 fully saturated rings. The van der Waals surface area contributed by atoms with Crippen molar-refractivity contribution in [1.29, 1.82) is 0 Å². The SMILES string of the molecule is CC(=O)C1=C(C)[C@@H](C(C)C)[C@]2(C)C[C@]3(C)Cc4c(C(C)C)cc(-c5ccc6c(c5)CCC6)c(O)c4C(=O)C3C(=O)[C@]2(O)C1=O. The molecule has 6 heteroatoms. The van der Waals surface area contributed by atoms with Crippen LogP contribution >= 0.6 is 0 Å². The molecule has 1 saturated carbocycles. The fourth-order valence-corrected chi connectivity index (χ4v) is 10.1. The summed E-state index contributed by atoms with van der Waals surface area (Å²) in [7, 11) is 0. The summed E-state index contributed by atoms with van der Waals surface area (Å²) < 4.78 is 0. The molecule has 0 radical (unpaired) electrons. The third-order valence-electron chi connectivity index (χ3n) is 11.6. The summed E-state index contributed by atoms with van der Waals surface area (Å²) in [6, 6.07) is 8.17. The maximum absolute atomic E-state index is 14.7. The highest BCUT2D eigenvalue weighted by Gasteiger charge is 2.73. The maximum Gasteiger partial charge on any atom is 0.206 e. The van der Waals surface area contributed by atoms with Crippen molar-refractivity contribution in [1.82, 2.24) is 0 Å². The average Bonchev–Trinajstić information content (AvgIpc) is 3.38. The number of carbonyl (C=O) groups is 4. The number of Topliss-reactive ketones (excluding diaryl/α,β-unsaturated/α-hetero) is 4. The Morgan fingerprint density at radius 2 is 1.66 bits per heavy atom. The zero-order valence-electron chi connectivity index (χ0n) is 27.2. The van der Waals surface area contributed by atoms with Crippen LogP contribution in [0.25, 0.3) is 11.1 Å². The van der Waals surface area contributed by atoms with E-state index in [4.69, 9.17) is 0 Å². The van der Waals surface area contributed by atoms with E-state index in [2.05, 4.69) is 26.0 Å². The van der Waals surface area contributed by atoms with E-state index in [0.29, 0.717) is 17.6 Å².